The molecule has 50 heavy (non-hydrogen) atoms. The van der Waals surface area contributed by atoms with E-state index in [0.717, 1.165) is 5.92 Å². The molecule has 0 saturated carbocycles. The van der Waals surface area contributed by atoms with Gasteiger partial charge in [0.1, 0.15) is 0 Å². The molecule has 268 valence electrons. The molecule has 0 nitrogen and oxygen atoms in total. The highest BCUT2D eigenvalue weighted by molar-refractivity contribution is 7.23. The second-order valence-corrected chi connectivity index (χ2v) is 19.7. The maximum Gasteiger partial charge on any atom is 0.0529 e. The zero-order valence-electron chi connectivity index (χ0n) is 30.9. The average Bonchev–Trinajstić information content (AvgIpc) is 3.98. The van der Waals surface area contributed by atoms with Gasteiger partial charge in [-0.05, 0) is 129 Å². The molecule has 6 heterocycles. The van der Waals surface area contributed by atoms with Gasteiger partial charge < -0.3 is 0 Å². The van der Waals surface area contributed by atoms with Crippen molar-refractivity contribution in [3.8, 4) is 40.4 Å². The molecule has 0 N–H and O–H groups in total. The second-order valence-electron chi connectivity index (χ2n) is 13.2. The van der Waals surface area contributed by atoms with Crippen LogP contribution in [-0.4, -0.2) is 0 Å². The summed E-state index contributed by atoms with van der Waals surface area (Å²) in [4.78, 5) is 14.8. The van der Waals surface area contributed by atoms with Crippen LogP contribution >= 0.6 is 68.0 Å². The van der Waals surface area contributed by atoms with Gasteiger partial charge in [-0.1, -0.05) is 73.1 Å². The van der Waals surface area contributed by atoms with Crippen LogP contribution in [0.15, 0.2) is 71.4 Å². The summed E-state index contributed by atoms with van der Waals surface area (Å²) in [6, 6.07) is 23.3. The molecular formula is C44H56S6. The Hall–Kier alpha value is -1.80. The Morgan fingerprint density at radius 1 is 0.440 bits per heavy atom. The first kappa shape index (κ1) is 39.4. The zero-order valence-corrected chi connectivity index (χ0v) is 35.8. The van der Waals surface area contributed by atoms with Gasteiger partial charge in [0.05, 0.1) is 9.75 Å². The predicted molar refractivity (Wildman–Crippen MR) is 235 cm³/mol. The Kier molecular flexibility index (Phi) is 16.6. The van der Waals surface area contributed by atoms with Crippen molar-refractivity contribution in [3.05, 3.63) is 90.9 Å². The first-order valence-corrected chi connectivity index (χ1v) is 24.1. The lowest BCUT2D eigenvalue weighted by molar-refractivity contribution is 0.560. The van der Waals surface area contributed by atoms with E-state index in [1.807, 2.05) is 68.0 Å². The van der Waals surface area contributed by atoms with Crippen LogP contribution in [0.4, 0.5) is 0 Å². The van der Waals surface area contributed by atoms with Gasteiger partial charge in [0.2, 0.25) is 0 Å². The first-order valence-electron chi connectivity index (χ1n) is 19.1. The summed E-state index contributed by atoms with van der Waals surface area (Å²) in [6.07, 6.45) is 18.0. The van der Waals surface area contributed by atoms with Gasteiger partial charge in [-0.25, -0.2) is 0 Å². The van der Waals surface area contributed by atoms with E-state index in [-0.39, 0.29) is 0 Å². The fourth-order valence-electron chi connectivity index (χ4n) is 6.27. The van der Waals surface area contributed by atoms with Crippen LogP contribution < -0.4 is 0 Å². The van der Waals surface area contributed by atoms with Crippen molar-refractivity contribution in [1.82, 2.24) is 0 Å². The summed E-state index contributed by atoms with van der Waals surface area (Å²) in [5, 5.41) is 4.50. The quantitative estimate of drug-likeness (QED) is 0.0719. The highest BCUT2D eigenvalue weighted by atomic mass is 32.1. The second kappa shape index (κ2) is 21.0. The molecule has 1 unspecified atom stereocenters. The highest BCUT2D eigenvalue weighted by Crippen LogP contribution is 2.45. The van der Waals surface area contributed by atoms with Crippen LogP contribution in [0.25, 0.3) is 40.4 Å². The Morgan fingerprint density at radius 3 is 1.36 bits per heavy atom. The van der Waals surface area contributed by atoms with E-state index in [0.29, 0.717) is 0 Å². The Morgan fingerprint density at radius 2 is 0.880 bits per heavy atom. The number of unbranched alkanes of at least 4 members (excludes halogenated alkanes) is 5. The highest BCUT2D eigenvalue weighted by Gasteiger charge is 2.17. The maximum atomic E-state index is 2.39. The van der Waals surface area contributed by atoms with E-state index in [4.69, 9.17) is 0 Å². The summed E-state index contributed by atoms with van der Waals surface area (Å²) in [5.74, 6) is 0.737. The monoisotopic (exact) mass is 776 g/mol. The number of aryl methyl sites for hydroxylation is 3. The van der Waals surface area contributed by atoms with Gasteiger partial charge in [-0.2, -0.15) is 0 Å². The lowest BCUT2D eigenvalue weighted by atomic mass is 9.97. The van der Waals surface area contributed by atoms with Gasteiger partial charge >= 0.3 is 0 Å². The predicted octanol–water partition coefficient (Wildman–Crippen LogP) is 17.5. The molecule has 6 aromatic rings. The average molecular weight is 777 g/mol. The molecule has 0 aliphatic carbocycles. The third-order valence-electron chi connectivity index (χ3n) is 9.30. The minimum Gasteiger partial charge on any atom is -0.142 e. The van der Waals surface area contributed by atoms with E-state index in [9.17, 15) is 0 Å². The van der Waals surface area contributed by atoms with Crippen molar-refractivity contribution < 1.29 is 0 Å². The molecule has 0 spiro atoms. The standard InChI is InChI=1S/C24H32S3.C20H24S3/c1-4-7-9-10-18(6-3)21-14-15-23(27-21)24-20(16-17-25-24)22-13-12-19(26-22)11-8-5-2;1-3-5-7-15-9-11-18(22-15)17-13-14-21-20(17)19-12-10-16(23-19)8-6-4-2/h12-18H,4-11H2,1-3H3;9-14H,3-8H2,1-2H3. The molecule has 0 aliphatic rings. The smallest absolute Gasteiger partial charge is 0.0529 e. The first-order chi connectivity index (χ1) is 24.6. The van der Waals surface area contributed by atoms with E-state index in [2.05, 4.69) is 106 Å². The minimum atomic E-state index is 0.737. The summed E-state index contributed by atoms with van der Waals surface area (Å²) < 4.78 is 0. The Bertz CT molecular complexity index is 1740. The molecule has 0 bridgehead atoms. The third-order valence-corrected chi connectivity index (χ3v) is 16.2. The number of thiophene rings is 6. The SMILES string of the molecule is CCCCCC(CC)c1ccc(-c2sccc2-c2ccc(CCCC)s2)s1.CCCCc1ccc(-c2ccsc2-c2ccc(CCCC)s2)s1. The van der Waals surface area contributed by atoms with Crippen LogP contribution in [0, 0.1) is 0 Å². The zero-order chi connectivity index (χ0) is 35.1. The van der Waals surface area contributed by atoms with Crippen LogP contribution in [0.5, 0.6) is 0 Å². The Balaban J connectivity index is 0.000000197. The van der Waals surface area contributed by atoms with E-state index in [1.54, 1.807) is 4.88 Å². The summed E-state index contributed by atoms with van der Waals surface area (Å²) in [5.41, 5.74) is 2.85. The summed E-state index contributed by atoms with van der Waals surface area (Å²) >= 11 is 11.7. The summed E-state index contributed by atoms with van der Waals surface area (Å²) in [7, 11) is 0. The van der Waals surface area contributed by atoms with Gasteiger partial charge in [0.25, 0.3) is 0 Å². The number of rotatable bonds is 19. The van der Waals surface area contributed by atoms with Crippen LogP contribution in [0.2, 0.25) is 0 Å². The molecule has 0 radical (unpaired) electrons. The lowest BCUT2D eigenvalue weighted by Crippen LogP contribution is -1.94. The van der Waals surface area contributed by atoms with Crippen molar-refractivity contribution in [2.75, 3.05) is 0 Å². The van der Waals surface area contributed by atoms with Crippen molar-refractivity contribution in [1.29, 1.82) is 0 Å². The number of hydrogen-bond acceptors (Lipinski definition) is 6. The van der Waals surface area contributed by atoms with Gasteiger partial charge in [0.15, 0.2) is 0 Å². The van der Waals surface area contributed by atoms with Crippen LogP contribution in [0.1, 0.15) is 131 Å². The van der Waals surface area contributed by atoms with Crippen molar-refractivity contribution >= 4 is 68.0 Å². The maximum absolute atomic E-state index is 2.39. The molecule has 6 heteroatoms. The molecule has 0 aliphatic heterocycles. The van der Waals surface area contributed by atoms with Crippen molar-refractivity contribution in [2.24, 2.45) is 0 Å². The summed E-state index contributed by atoms with van der Waals surface area (Å²) in [6.45, 7) is 11.4. The molecule has 0 amide bonds. The molecular weight excluding hydrogens is 721 g/mol. The fourth-order valence-corrected chi connectivity index (χ4v) is 12.9. The molecule has 1 atom stereocenters. The molecule has 0 saturated heterocycles. The van der Waals surface area contributed by atoms with Gasteiger partial charge in [-0.15, -0.1) is 68.0 Å². The van der Waals surface area contributed by atoms with E-state index < -0.39 is 0 Å². The van der Waals surface area contributed by atoms with Crippen LogP contribution in [0.3, 0.4) is 0 Å². The fraction of sp³-hybridized carbons (Fsp3) is 0.455. The third kappa shape index (κ3) is 10.9. The van der Waals surface area contributed by atoms with Gasteiger partial charge in [-0.3, -0.25) is 0 Å². The van der Waals surface area contributed by atoms with Gasteiger partial charge in [0, 0.05) is 50.1 Å². The molecule has 0 fully saturated rings. The van der Waals surface area contributed by atoms with E-state index >= 15 is 0 Å². The molecule has 6 rings (SSSR count). The van der Waals surface area contributed by atoms with E-state index in [1.165, 1.54) is 145 Å². The normalized spacial score (nSPS) is 11.9. The Labute approximate surface area is 327 Å². The van der Waals surface area contributed by atoms with Crippen molar-refractivity contribution in [3.63, 3.8) is 0 Å². The largest absolute Gasteiger partial charge is 0.142 e. The number of hydrogen-bond donors (Lipinski definition) is 0. The topological polar surface area (TPSA) is 0 Å². The lowest BCUT2D eigenvalue weighted by Gasteiger charge is -2.12. The van der Waals surface area contributed by atoms with Crippen LogP contribution in [-0.2, 0) is 19.3 Å². The van der Waals surface area contributed by atoms with Crippen molar-refractivity contribution in [2.45, 2.75) is 130 Å². The molecule has 0 aromatic carbocycles. The molecule has 6 aromatic heterocycles. The minimum absolute atomic E-state index is 0.737.